The van der Waals surface area contributed by atoms with Crippen LogP contribution in [0.25, 0.3) is 0 Å². The number of nitro benzene ring substituents is 1. The molecule has 2 aromatic rings. The Bertz CT molecular complexity index is 787. The van der Waals surface area contributed by atoms with Crippen molar-refractivity contribution in [2.45, 2.75) is 11.3 Å². The molecule has 1 N–H and O–H groups in total. The van der Waals surface area contributed by atoms with Crippen molar-refractivity contribution in [1.82, 2.24) is 0 Å². The van der Waals surface area contributed by atoms with E-state index in [1.165, 1.54) is 12.1 Å². The van der Waals surface area contributed by atoms with E-state index < -0.39 is 34.0 Å². The molecule has 0 fully saturated rings. The number of halogens is 3. The van der Waals surface area contributed by atoms with Gasteiger partial charge in [0.1, 0.15) is 0 Å². The highest BCUT2D eigenvalue weighted by molar-refractivity contribution is 7.99. The molecule has 0 bridgehead atoms. The second-order valence-corrected chi connectivity index (χ2v) is 5.81. The summed E-state index contributed by atoms with van der Waals surface area (Å²) in [6.07, 6.45) is 0.0365. The summed E-state index contributed by atoms with van der Waals surface area (Å²) in [5.41, 5.74) is -0.630. The number of benzene rings is 2. The van der Waals surface area contributed by atoms with Gasteiger partial charge in [-0.1, -0.05) is 0 Å². The number of carbonyl (C=O) groups is 1. The highest BCUT2D eigenvalue weighted by Gasteiger charge is 2.15. The van der Waals surface area contributed by atoms with Gasteiger partial charge >= 0.3 is 5.69 Å². The standard InChI is InChI=1S/C15H11F3N2O3S/c16-11-4-2-10(8-13(11)18)24-6-5-15(21)19-9-1-3-12(17)14(7-9)20(22)23/h1-4,7-8H,5-6H2,(H,19,21). The van der Waals surface area contributed by atoms with E-state index in [0.717, 1.165) is 36.0 Å². The van der Waals surface area contributed by atoms with E-state index in [-0.39, 0.29) is 12.1 Å². The molecule has 0 unspecified atom stereocenters. The second-order valence-electron chi connectivity index (χ2n) is 4.65. The summed E-state index contributed by atoms with van der Waals surface area (Å²) >= 11 is 1.16. The smallest absolute Gasteiger partial charge is 0.306 e. The summed E-state index contributed by atoms with van der Waals surface area (Å²) in [4.78, 5) is 22.0. The highest BCUT2D eigenvalue weighted by Crippen LogP contribution is 2.23. The lowest BCUT2D eigenvalue weighted by Gasteiger charge is -2.06. The second kappa shape index (κ2) is 7.82. The predicted octanol–water partition coefficient (Wildman–Crippen LogP) is 4.13. The Morgan fingerprint density at radius 3 is 2.46 bits per heavy atom. The van der Waals surface area contributed by atoms with Crippen LogP contribution in [0.2, 0.25) is 0 Å². The van der Waals surface area contributed by atoms with Gasteiger partial charge in [0.2, 0.25) is 11.7 Å². The third-order valence-electron chi connectivity index (χ3n) is 2.92. The molecule has 0 spiro atoms. The summed E-state index contributed by atoms with van der Waals surface area (Å²) in [6, 6.07) is 6.45. The quantitative estimate of drug-likeness (QED) is 0.480. The first-order valence-electron chi connectivity index (χ1n) is 6.68. The Morgan fingerprint density at radius 2 is 1.79 bits per heavy atom. The largest absolute Gasteiger partial charge is 0.326 e. The van der Waals surface area contributed by atoms with E-state index in [4.69, 9.17) is 0 Å². The zero-order valence-corrected chi connectivity index (χ0v) is 12.9. The number of hydrogen-bond acceptors (Lipinski definition) is 4. The van der Waals surface area contributed by atoms with Crippen molar-refractivity contribution in [2.75, 3.05) is 11.1 Å². The zero-order valence-electron chi connectivity index (χ0n) is 12.1. The molecule has 24 heavy (non-hydrogen) atoms. The normalized spacial score (nSPS) is 10.5. The molecule has 126 valence electrons. The number of rotatable bonds is 6. The molecular weight excluding hydrogens is 345 g/mol. The molecule has 0 saturated carbocycles. The van der Waals surface area contributed by atoms with Crippen molar-refractivity contribution in [2.24, 2.45) is 0 Å². The molecule has 2 aromatic carbocycles. The first-order valence-corrected chi connectivity index (χ1v) is 7.67. The number of carbonyl (C=O) groups excluding carboxylic acids is 1. The fraction of sp³-hybridized carbons (Fsp3) is 0.133. The van der Waals surface area contributed by atoms with Crippen LogP contribution < -0.4 is 5.32 Å². The third-order valence-corrected chi connectivity index (χ3v) is 3.91. The summed E-state index contributed by atoms with van der Waals surface area (Å²) in [5.74, 6) is -3.06. The van der Waals surface area contributed by atoms with Gasteiger partial charge < -0.3 is 5.32 Å². The Hall–Kier alpha value is -2.55. The van der Waals surface area contributed by atoms with E-state index in [9.17, 15) is 28.1 Å². The van der Waals surface area contributed by atoms with Crippen LogP contribution in [0.15, 0.2) is 41.3 Å². The molecule has 2 rings (SSSR count). The SMILES string of the molecule is O=C(CCSc1ccc(F)c(F)c1)Nc1ccc(F)c([N+](=O)[O-])c1. The molecular formula is C15H11F3N2O3S. The summed E-state index contributed by atoms with van der Waals surface area (Å²) in [6.45, 7) is 0. The van der Waals surface area contributed by atoms with Crippen molar-refractivity contribution in [3.8, 4) is 0 Å². The van der Waals surface area contributed by atoms with Crippen molar-refractivity contribution >= 4 is 29.0 Å². The van der Waals surface area contributed by atoms with Gasteiger partial charge in [-0.25, -0.2) is 8.78 Å². The number of nitrogens with zero attached hydrogens (tertiary/aromatic N) is 1. The van der Waals surface area contributed by atoms with Crippen LogP contribution in [0.1, 0.15) is 6.42 Å². The Kier molecular flexibility index (Phi) is 5.80. The van der Waals surface area contributed by atoms with Crippen LogP contribution in [0.4, 0.5) is 24.5 Å². The third kappa shape index (κ3) is 4.72. The zero-order chi connectivity index (χ0) is 17.7. The fourth-order valence-corrected chi connectivity index (χ4v) is 2.66. The summed E-state index contributed by atoms with van der Waals surface area (Å²) < 4.78 is 39.0. The van der Waals surface area contributed by atoms with E-state index in [2.05, 4.69) is 5.32 Å². The number of thioether (sulfide) groups is 1. The van der Waals surface area contributed by atoms with Gasteiger partial charge in [-0.2, -0.15) is 4.39 Å². The topological polar surface area (TPSA) is 72.2 Å². The van der Waals surface area contributed by atoms with Gasteiger partial charge in [-0.15, -0.1) is 11.8 Å². The highest BCUT2D eigenvalue weighted by atomic mass is 32.2. The molecule has 0 aliphatic rings. The first kappa shape index (κ1) is 17.8. The summed E-state index contributed by atoms with van der Waals surface area (Å²) in [7, 11) is 0. The molecule has 9 heteroatoms. The monoisotopic (exact) mass is 356 g/mol. The van der Waals surface area contributed by atoms with Crippen molar-refractivity contribution in [3.05, 3.63) is 64.0 Å². The van der Waals surface area contributed by atoms with Crippen LogP contribution >= 0.6 is 11.8 Å². The van der Waals surface area contributed by atoms with Gasteiger partial charge in [0.15, 0.2) is 11.6 Å². The maximum Gasteiger partial charge on any atom is 0.306 e. The van der Waals surface area contributed by atoms with Crippen molar-refractivity contribution in [3.63, 3.8) is 0 Å². The van der Waals surface area contributed by atoms with Crippen LogP contribution in [-0.4, -0.2) is 16.6 Å². The molecule has 0 saturated heterocycles. The number of nitro groups is 1. The molecule has 0 aromatic heterocycles. The number of nitrogens with one attached hydrogen (secondary N) is 1. The van der Waals surface area contributed by atoms with E-state index in [1.807, 2.05) is 0 Å². The lowest BCUT2D eigenvalue weighted by molar-refractivity contribution is -0.387. The van der Waals surface area contributed by atoms with Crippen LogP contribution in [-0.2, 0) is 4.79 Å². The minimum Gasteiger partial charge on any atom is -0.326 e. The molecule has 0 aliphatic carbocycles. The molecule has 0 aliphatic heterocycles. The lowest BCUT2D eigenvalue weighted by Crippen LogP contribution is -2.12. The predicted molar refractivity (Wildman–Crippen MR) is 83.4 cm³/mol. The van der Waals surface area contributed by atoms with Crippen LogP contribution in [0.3, 0.4) is 0 Å². The first-order chi connectivity index (χ1) is 11.4. The van der Waals surface area contributed by atoms with Gasteiger partial charge in [-0.05, 0) is 30.3 Å². The fourth-order valence-electron chi connectivity index (χ4n) is 1.78. The Labute approximate surface area is 139 Å². The Balaban J connectivity index is 1.88. The van der Waals surface area contributed by atoms with Gasteiger partial charge in [0.25, 0.3) is 0 Å². The molecule has 0 atom stereocenters. The number of hydrogen-bond donors (Lipinski definition) is 1. The van der Waals surface area contributed by atoms with E-state index >= 15 is 0 Å². The molecule has 0 heterocycles. The Morgan fingerprint density at radius 1 is 1.08 bits per heavy atom. The molecule has 5 nitrogen and oxygen atoms in total. The molecule has 1 amide bonds. The summed E-state index contributed by atoms with van der Waals surface area (Å²) in [5, 5.41) is 13.0. The maximum absolute atomic E-state index is 13.2. The maximum atomic E-state index is 13.2. The average molecular weight is 356 g/mol. The van der Waals surface area contributed by atoms with Gasteiger partial charge in [-0.3, -0.25) is 14.9 Å². The average Bonchev–Trinajstić information content (AvgIpc) is 2.52. The molecule has 0 radical (unpaired) electrons. The van der Waals surface area contributed by atoms with Crippen molar-refractivity contribution < 1.29 is 22.9 Å². The number of amides is 1. The van der Waals surface area contributed by atoms with Gasteiger partial charge in [0, 0.05) is 28.8 Å². The minimum atomic E-state index is -0.994. The van der Waals surface area contributed by atoms with Gasteiger partial charge in [0.05, 0.1) is 4.92 Å². The van der Waals surface area contributed by atoms with Crippen molar-refractivity contribution in [1.29, 1.82) is 0 Å². The lowest BCUT2D eigenvalue weighted by atomic mass is 10.2. The number of anilines is 1. The van der Waals surface area contributed by atoms with Crippen LogP contribution in [0.5, 0.6) is 0 Å². The van der Waals surface area contributed by atoms with Crippen LogP contribution in [0, 0.1) is 27.6 Å². The van der Waals surface area contributed by atoms with E-state index in [1.54, 1.807) is 0 Å². The van der Waals surface area contributed by atoms with E-state index in [0.29, 0.717) is 10.6 Å². The minimum absolute atomic E-state index is 0.0365.